The Morgan fingerprint density at radius 3 is 2.89 bits per heavy atom. The van der Waals surface area contributed by atoms with E-state index in [0.717, 1.165) is 25.1 Å². The molecule has 3 heteroatoms. The van der Waals surface area contributed by atoms with E-state index in [0.29, 0.717) is 12.3 Å². The molecule has 1 heterocycles. The minimum atomic E-state index is 0.0976. The van der Waals surface area contributed by atoms with E-state index in [2.05, 4.69) is 10.6 Å². The van der Waals surface area contributed by atoms with Crippen LogP contribution in [-0.2, 0) is 4.79 Å². The molecule has 0 radical (unpaired) electrons. The highest BCUT2D eigenvalue weighted by Gasteiger charge is 2.16. The van der Waals surface area contributed by atoms with E-state index in [-0.39, 0.29) is 11.9 Å². The molecule has 0 bridgehead atoms. The Balaban J connectivity index is 1.73. The first kappa shape index (κ1) is 13.1. The molecule has 1 aromatic carbocycles. The van der Waals surface area contributed by atoms with Crippen LogP contribution in [0, 0.1) is 5.92 Å². The SMILES string of the molecule is CC(NC(=O)CCC1CCNC1)c1ccccc1. The van der Waals surface area contributed by atoms with Crippen molar-refractivity contribution in [3.05, 3.63) is 35.9 Å². The van der Waals surface area contributed by atoms with Crippen molar-refractivity contribution < 1.29 is 4.79 Å². The highest BCUT2D eigenvalue weighted by Crippen LogP contribution is 2.15. The van der Waals surface area contributed by atoms with Crippen LogP contribution in [0.5, 0.6) is 0 Å². The zero-order chi connectivity index (χ0) is 12.8. The van der Waals surface area contributed by atoms with Gasteiger partial charge in [-0.05, 0) is 44.3 Å². The normalized spacial score (nSPS) is 20.6. The summed E-state index contributed by atoms with van der Waals surface area (Å²) in [5.41, 5.74) is 1.16. The topological polar surface area (TPSA) is 41.1 Å². The van der Waals surface area contributed by atoms with Crippen molar-refractivity contribution in [2.24, 2.45) is 5.92 Å². The average Bonchev–Trinajstić information content (AvgIpc) is 2.90. The van der Waals surface area contributed by atoms with Gasteiger partial charge >= 0.3 is 0 Å². The summed E-state index contributed by atoms with van der Waals surface area (Å²) in [6, 6.07) is 10.2. The number of benzene rings is 1. The largest absolute Gasteiger partial charge is 0.350 e. The second kappa shape index (κ2) is 6.55. The molecule has 1 amide bonds. The molecule has 2 N–H and O–H groups in total. The molecule has 1 aliphatic rings. The predicted octanol–water partition coefficient (Wildman–Crippen LogP) is 2.25. The first-order valence-electron chi connectivity index (χ1n) is 6.80. The first-order chi connectivity index (χ1) is 8.75. The number of amides is 1. The number of hydrogen-bond acceptors (Lipinski definition) is 2. The van der Waals surface area contributed by atoms with Gasteiger partial charge in [0.1, 0.15) is 0 Å². The van der Waals surface area contributed by atoms with Crippen molar-refractivity contribution >= 4 is 5.91 Å². The molecule has 0 saturated carbocycles. The molecule has 3 nitrogen and oxygen atoms in total. The number of carbonyl (C=O) groups excluding carboxylic acids is 1. The van der Waals surface area contributed by atoms with Crippen LogP contribution in [0.3, 0.4) is 0 Å². The van der Waals surface area contributed by atoms with Crippen LogP contribution < -0.4 is 10.6 Å². The Morgan fingerprint density at radius 1 is 1.44 bits per heavy atom. The predicted molar refractivity (Wildman–Crippen MR) is 73.2 cm³/mol. The molecule has 1 saturated heterocycles. The minimum Gasteiger partial charge on any atom is -0.350 e. The minimum absolute atomic E-state index is 0.0976. The summed E-state index contributed by atoms with van der Waals surface area (Å²) >= 11 is 0. The fourth-order valence-corrected chi connectivity index (χ4v) is 2.43. The molecule has 2 unspecified atom stereocenters. The van der Waals surface area contributed by atoms with Crippen molar-refractivity contribution in [1.82, 2.24) is 10.6 Å². The second-order valence-electron chi connectivity index (χ2n) is 5.10. The van der Waals surface area contributed by atoms with Gasteiger partial charge in [0, 0.05) is 6.42 Å². The summed E-state index contributed by atoms with van der Waals surface area (Å²) in [5, 5.41) is 6.39. The molecule has 2 atom stereocenters. The standard InChI is InChI=1S/C15H22N2O/c1-12(14-5-3-2-4-6-14)17-15(18)8-7-13-9-10-16-11-13/h2-6,12-13,16H,7-11H2,1H3,(H,17,18). The third-order valence-corrected chi connectivity index (χ3v) is 3.62. The number of rotatable bonds is 5. The fourth-order valence-electron chi connectivity index (χ4n) is 2.43. The van der Waals surface area contributed by atoms with E-state index in [1.807, 2.05) is 37.3 Å². The quantitative estimate of drug-likeness (QED) is 0.836. The van der Waals surface area contributed by atoms with Crippen LogP contribution in [0.25, 0.3) is 0 Å². The summed E-state index contributed by atoms with van der Waals surface area (Å²) in [7, 11) is 0. The second-order valence-corrected chi connectivity index (χ2v) is 5.10. The van der Waals surface area contributed by atoms with E-state index in [4.69, 9.17) is 0 Å². The van der Waals surface area contributed by atoms with Gasteiger partial charge in [-0.15, -0.1) is 0 Å². The smallest absolute Gasteiger partial charge is 0.220 e. The van der Waals surface area contributed by atoms with Gasteiger partial charge in [0.2, 0.25) is 5.91 Å². The lowest BCUT2D eigenvalue weighted by Gasteiger charge is -2.15. The van der Waals surface area contributed by atoms with Crippen molar-refractivity contribution in [1.29, 1.82) is 0 Å². The van der Waals surface area contributed by atoms with Gasteiger partial charge in [-0.3, -0.25) is 4.79 Å². The summed E-state index contributed by atoms with van der Waals surface area (Å²) in [5.74, 6) is 0.848. The highest BCUT2D eigenvalue weighted by atomic mass is 16.1. The van der Waals surface area contributed by atoms with Gasteiger partial charge in [0.25, 0.3) is 0 Å². The monoisotopic (exact) mass is 246 g/mol. The lowest BCUT2D eigenvalue weighted by atomic mass is 10.0. The molecular weight excluding hydrogens is 224 g/mol. The van der Waals surface area contributed by atoms with Crippen molar-refractivity contribution in [2.45, 2.75) is 32.2 Å². The molecule has 2 rings (SSSR count). The molecule has 18 heavy (non-hydrogen) atoms. The van der Waals surface area contributed by atoms with E-state index >= 15 is 0 Å². The highest BCUT2D eigenvalue weighted by molar-refractivity contribution is 5.76. The van der Waals surface area contributed by atoms with Crippen LogP contribution in [0.2, 0.25) is 0 Å². The lowest BCUT2D eigenvalue weighted by Crippen LogP contribution is -2.27. The third-order valence-electron chi connectivity index (χ3n) is 3.62. The van der Waals surface area contributed by atoms with Crippen LogP contribution >= 0.6 is 0 Å². The Hall–Kier alpha value is -1.35. The van der Waals surface area contributed by atoms with Crippen LogP contribution in [0.15, 0.2) is 30.3 Å². The maximum absolute atomic E-state index is 11.9. The Bertz CT molecular complexity index is 371. The van der Waals surface area contributed by atoms with Gasteiger partial charge in [0.05, 0.1) is 6.04 Å². The molecular formula is C15H22N2O. The Morgan fingerprint density at radius 2 is 2.22 bits per heavy atom. The Labute approximate surface area is 109 Å². The zero-order valence-corrected chi connectivity index (χ0v) is 11.0. The van der Waals surface area contributed by atoms with Gasteiger partial charge in [-0.25, -0.2) is 0 Å². The number of nitrogens with one attached hydrogen (secondary N) is 2. The first-order valence-corrected chi connectivity index (χ1v) is 6.80. The van der Waals surface area contributed by atoms with Gasteiger partial charge in [-0.2, -0.15) is 0 Å². The Kier molecular flexibility index (Phi) is 4.76. The fraction of sp³-hybridized carbons (Fsp3) is 0.533. The molecule has 0 aromatic heterocycles. The van der Waals surface area contributed by atoms with Crippen molar-refractivity contribution in [2.75, 3.05) is 13.1 Å². The zero-order valence-electron chi connectivity index (χ0n) is 11.0. The van der Waals surface area contributed by atoms with E-state index < -0.39 is 0 Å². The van der Waals surface area contributed by atoms with Crippen LogP contribution in [0.4, 0.5) is 0 Å². The van der Waals surface area contributed by atoms with E-state index in [9.17, 15) is 4.79 Å². The molecule has 0 spiro atoms. The number of carbonyl (C=O) groups is 1. The van der Waals surface area contributed by atoms with Gasteiger partial charge < -0.3 is 10.6 Å². The van der Waals surface area contributed by atoms with Gasteiger partial charge in [0.15, 0.2) is 0 Å². The average molecular weight is 246 g/mol. The number of hydrogen-bond donors (Lipinski definition) is 2. The molecule has 1 aliphatic heterocycles. The van der Waals surface area contributed by atoms with E-state index in [1.54, 1.807) is 0 Å². The summed E-state index contributed by atoms with van der Waals surface area (Å²) in [6.07, 6.45) is 2.85. The van der Waals surface area contributed by atoms with Crippen molar-refractivity contribution in [3.63, 3.8) is 0 Å². The molecule has 1 aromatic rings. The third kappa shape index (κ3) is 3.84. The molecule has 1 fully saturated rings. The summed E-state index contributed by atoms with van der Waals surface area (Å²) in [4.78, 5) is 11.9. The van der Waals surface area contributed by atoms with Crippen LogP contribution in [0.1, 0.15) is 37.8 Å². The molecule has 0 aliphatic carbocycles. The van der Waals surface area contributed by atoms with Crippen molar-refractivity contribution in [3.8, 4) is 0 Å². The maximum atomic E-state index is 11.9. The summed E-state index contributed by atoms with van der Waals surface area (Å²) < 4.78 is 0. The van der Waals surface area contributed by atoms with Crippen LogP contribution in [-0.4, -0.2) is 19.0 Å². The lowest BCUT2D eigenvalue weighted by molar-refractivity contribution is -0.122. The van der Waals surface area contributed by atoms with E-state index in [1.165, 1.54) is 6.42 Å². The van der Waals surface area contributed by atoms with Gasteiger partial charge in [-0.1, -0.05) is 30.3 Å². The summed E-state index contributed by atoms with van der Waals surface area (Å²) in [6.45, 7) is 4.21. The maximum Gasteiger partial charge on any atom is 0.220 e. The molecule has 98 valence electrons.